The van der Waals surface area contributed by atoms with Crippen LogP contribution in [0.5, 0.6) is 0 Å². The van der Waals surface area contributed by atoms with Crippen molar-refractivity contribution in [3.8, 4) is 0 Å². The lowest BCUT2D eigenvalue weighted by atomic mass is 10.2. The fraction of sp³-hybridized carbons (Fsp3) is 0.450. The van der Waals surface area contributed by atoms with Gasteiger partial charge >= 0.3 is 0 Å². The monoisotopic (exact) mass is 461 g/mol. The van der Waals surface area contributed by atoms with Crippen molar-refractivity contribution in [1.29, 1.82) is 0 Å². The Hall–Kier alpha value is -3.45. The van der Waals surface area contributed by atoms with Gasteiger partial charge in [0.05, 0.1) is 31.6 Å². The Morgan fingerprint density at radius 1 is 1.27 bits per heavy atom. The molecule has 3 aromatic rings. The summed E-state index contributed by atoms with van der Waals surface area (Å²) >= 11 is 0. The minimum Gasteiger partial charge on any atom is -0.382 e. The number of morpholine rings is 1. The highest BCUT2D eigenvalue weighted by molar-refractivity contribution is 5.52. The lowest BCUT2D eigenvalue weighted by Crippen LogP contribution is -2.42. The fourth-order valence-electron chi connectivity index (χ4n) is 3.42. The second kappa shape index (κ2) is 10.0. The average molecular weight is 461 g/mol. The molecule has 0 aromatic carbocycles. The Morgan fingerprint density at radius 3 is 2.79 bits per heavy atom. The van der Waals surface area contributed by atoms with Crippen LogP contribution in [0.4, 0.5) is 32.4 Å². The molecule has 0 bridgehead atoms. The minimum absolute atomic E-state index is 0.0103. The molecule has 1 aliphatic rings. The van der Waals surface area contributed by atoms with Crippen LogP contribution in [0.15, 0.2) is 18.3 Å². The van der Waals surface area contributed by atoms with Crippen LogP contribution in [0, 0.1) is 18.6 Å². The molecule has 1 fully saturated rings. The molecule has 3 N–H and O–H groups in total. The third kappa shape index (κ3) is 5.68. The Balaban J connectivity index is 1.66. The van der Waals surface area contributed by atoms with Crippen LogP contribution in [0.2, 0.25) is 0 Å². The first-order valence-corrected chi connectivity index (χ1v) is 10.4. The molecule has 176 valence electrons. The second-order valence-corrected chi connectivity index (χ2v) is 7.64. The van der Waals surface area contributed by atoms with Gasteiger partial charge in [-0.25, -0.2) is 8.78 Å². The largest absolute Gasteiger partial charge is 0.382 e. The average Bonchev–Trinajstić information content (AvgIpc) is 3.18. The van der Waals surface area contributed by atoms with Crippen molar-refractivity contribution in [3.05, 3.63) is 41.4 Å². The fourth-order valence-corrected chi connectivity index (χ4v) is 3.42. The molecule has 13 heteroatoms. The van der Waals surface area contributed by atoms with Gasteiger partial charge in [0.15, 0.2) is 5.82 Å². The van der Waals surface area contributed by atoms with Gasteiger partial charge in [0.25, 0.3) is 0 Å². The Labute approximate surface area is 189 Å². The number of nitrogens with zero attached hydrogens (tertiary/aromatic N) is 6. The van der Waals surface area contributed by atoms with Gasteiger partial charge in [0, 0.05) is 38.0 Å². The van der Waals surface area contributed by atoms with Crippen LogP contribution in [-0.4, -0.2) is 69.7 Å². The highest BCUT2D eigenvalue weighted by atomic mass is 19.1. The summed E-state index contributed by atoms with van der Waals surface area (Å²) in [5.41, 5.74) is 0.850. The van der Waals surface area contributed by atoms with E-state index in [-0.39, 0.29) is 30.3 Å². The summed E-state index contributed by atoms with van der Waals surface area (Å²) in [7, 11) is 1.47. The first-order valence-electron chi connectivity index (χ1n) is 10.4. The number of pyridine rings is 1. The highest BCUT2D eigenvalue weighted by Gasteiger charge is 2.24. The van der Waals surface area contributed by atoms with E-state index in [2.05, 4.69) is 40.8 Å². The number of aromatic nitrogens is 6. The number of nitrogens with one attached hydrogen (secondary N) is 3. The number of anilines is 4. The van der Waals surface area contributed by atoms with E-state index in [1.165, 1.54) is 7.11 Å². The molecule has 2 atom stereocenters. The zero-order chi connectivity index (χ0) is 23.4. The molecular weight excluding hydrogens is 436 g/mol. The standard InChI is InChI=1S/C20H25F2N9O2/c1-11-6-16(30-29-11)25-19-26-18(27-20(28-19)31-4-5-33-12(2)9-31)24-15(10-32-3)17-14(22)7-13(21)8-23-17/h6-8,12,15H,4-5,9-10H2,1-3H3,(H3,24,25,26,27,28,29,30). The van der Waals surface area contributed by atoms with Crippen molar-refractivity contribution >= 4 is 23.7 Å². The van der Waals surface area contributed by atoms with Crippen LogP contribution < -0.4 is 15.5 Å². The van der Waals surface area contributed by atoms with E-state index in [0.717, 1.165) is 18.0 Å². The molecule has 0 spiro atoms. The third-order valence-electron chi connectivity index (χ3n) is 4.90. The number of aryl methyl sites for hydroxylation is 1. The Bertz CT molecular complexity index is 1100. The summed E-state index contributed by atoms with van der Waals surface area (Å²) in [4.78, 5) is 19.3. The van der Waals surface area contributed by atoms with E-state index in [1.807, 2.05) is 18.7 Å². The van der Waals surface area contributed by atoms with Crippen LogP contribution in [0.25, 0.3) is 0 Å². The van der Waals surface area contributed by atoms with E-state index in [9.17, 15) is 8.78 Å². The molecule has 1 saturated heterocycles. The molecule has 4 heterocycles. The highest BCUT2D eigenvalue weighted by Crippen LogP contribution is 2.23. The number of methoxy groups -OCH3 is 1. The molecule has 1 aliphatic heterocycles. The molecule has 0 radical (unpaired) electrons. The number of ether oxygens (including phenoxy) is 2. The normalized spacial score (nSPS) is 17.1. The zero-order valence-corrected chi connectivity index (χ0v) is 18.5. The van der Waals surface area contributed by atoms with Gasteiger partial charge in [-0.05, 0) is 13.8 Å². The zero-order valence-electron chi connectivity index (χ0n) is 18.5. The number of aromatic amines is 1. The molecule has 4 rings (SSSR count). The first-order chi connectivity index (χ1) is 15.9. The second-order valence-electron chi connectivity index (χ2n) is 7.64. The summed E-state index contributed by atoms with van der Waals surface area (Å²) in [6.07, 6.45) is 0.958. The predicted molar refractivity (Wildman–Crippen MR) is 116 cm³/mol. The number of hydrogen-bond acceptors (Lipinski definition) is 10. The van der Waals surface area contributed by atoms with Crippen molar-refractivity contribution < 1.29 is 18.3 Å². The van der Waals surface area contributed by atoms with E-state index in [0.29, 0.717) is 31.5 Å². The summed E-state index contributed by atoms with van der Waals surface area (Å²) in [5, 5.41) is 13.1. The molecule has 2 unspecified atom stereocenters. The van der Waals surface area contributed by atoms with Crippen molar-refractivity contribution in [2.45, 2.75) is 26.0 Å². The summed E-state index contributed by atoms with van der Waals surface area (Å²) in [6, 6.07) is 1.81. The molecule has 3 aromatic heterocycles. The van der Waals surface area contributed by atoms with Crippen LogP contribution >= 0.6 is 0 Å². The Kier molecular flexibility index (Phi) is 6.89. The number of halogens is 2. The maximum Gasteiger partial charge on any atom is 0.235 e. The van der Waals surface area contributed by atoms with E-state index >= 15 is 0 Å². The predicted octanol–water partition coefficient (Wildman–Crippen LogP) is 2.34. The van der Waals surface area contributed by atoms with Gasteiger partial charge < -0.3 is 25.0 Å². The first kappa shape index (κ1) is 22.7. The smallest absolute Gasteiger partial charge is 0.235 e. The summed E-state index contributed by atoms with van der Waals surface area (Å²) in [6.45, 7) is 5.62. The van der Waals surface area contributed by atoms with Gasteiger partial charge in [-0.1, -0.05) is 0 Å². The summed E-state index contributed by atoms with van der Waals surface area (Å²) in [5.74, 6) is -0.201. The van der Waals surface area contributed by atoms with Crippen molar-refractivity contribution in [1.82, 2.24) is 30.1 Å². The van der Waals surface area contributed by atoms with Crippen LogP contribution in [0.1, 0.15) is 24.4 Å². The third-order valence-corrected chi connectivity index (χ3v) is 4.90. The molecule has 0 aliphatic carbocycles. The topological polar surface area (TPSA) is 126 Å². The molecule has 0 amide bonds. The van der Waals surface area contributed by atoms with Crippen molar-refractivity contribution in [2.24, 2.45) is 0 Å². The number of hydrogen-bond donors (Lipinski definition) is 3. The molecule has 11 nitrogen and oxygen atoms in total. The SMILES string of the molecule is COCC(Nc1nc(Nc2cc(C)[nH]n2)nc(N2CCOC(C)C2)n1)c1ncc(F)cc1F. The van der Waals surface area contributed by atoms with E-state index in [4.69, 9.17) is 9.47 Å². The minimum atomic E-state index is -0.800. The maximum atomic E-state index is 14.4. The van der Waals surface area contributed by atoms with E-state index < -0.39 is 17.7 Å². The maximum absolute atomic E-state index is 14.4. The molecule has 33 heavy (non-hydrogen) atoms. The van der Waals surface area contributed by atoms with Gasteiger partial charge in [-0.2, -0.15) is 20.1 Å². The van der Waals surface area contributed by atoms with Gasteiger partial charge in [-0.15, -0.1) is 0 Å². The van der Waals surface area contributed by atoms with Gasteiger partial charge in [0.1, 0.15) is 17.3 Å². The number of rotatable bonds is 8. The van der Waals surface area contributed by atoms with Crippen LogP contribution in [-0.2, 0) is 9.47 Å². The van der Waals surface area contributed by atoms with E-state index in [1.54, 1.807) is 6.07 Å². The molecular formula is C20H25F2N9O2. The lowest BCUT2D eigenvalue weighted by Gasteiger charge is -2.31. The Morgan fingerprint density at radius 2 is 2.09 bits per heavy atom. The molecule has 0 saturated carbocycles. The van der Waals surface area contributed by atoms with Crippen molar-refractivity contribution in [2.75, 3.05) is 48.9 Å². The van der Waals surface area contributed by atoms with Gasteiger partial charge in [0.2, 0.25) is 17.8 Å². The lowest BCUT2D eigenvalue weighted by molar-refractivity contribution is 0.0526. The van der Waals surface area contributed by atoms with Gasteiger partial charge in [-0.3, -0.25) is 10.1 Å². The number of H-pyrrole nitrogens is 1. The van der Waals surface area contributed by atoms with Crippen LogP contribution in [0.3, 0.4) is 0 Å². The summed E-state index contributed by atoms with van der Waals surface area (Å²) < 4.78 is 38.6. The van der Waals surface area contributed by atoms with Crippen molar-refractivity contribution in [3.63, 3.8) is 0 Å². The quantitative estimate of drug-likeness (QED) is 0.460.